The number of nitrogens with one attached hydrogen (secondary N) is 1. The fourth-order valence-corrected chi connectivity index (χ4v) is 5.05. The third-order valence-electron chi connectivity index (χ3n) is 6.58. The number of hydrogen-bond acceptors (Lipinski definition) is 3. The van der Waals surface area contributed by atoms with E-state index in [0.29, 0.717) is 18.7 Å². The topological polar surface area (TPSA) is 58.6 Å². The van der Waals surface area contributed by atoms with Crippen LogP contribution in [0, 0.1) is 10.5 Å². The van der Waals surface area contributed by atoms with E-state index in [9.17, 15) is 9.59 Å². The average molecular weight is 597 g/mol. The standard InChI is InChI=1S/C30H33IN2O3/c1-22-8-7-11-24(18-22)20-33(29(34)21-36-27-16-14-25(31)15-17-27)28(19-23-9-3-2-4-10-23)30(35)32-26-12-5-6-13-26/h2-4,7-11,14-18,26,28H,5-6,12-13,19-21H2,1H3,(H,32,35). The highest BCUT2D eigenvalue weighted by Gasteiger charge is 2.32. The maximum Gasteiger partial charge on any atom is 0.261 e. The van der Waals surface area contributed by atoms with Crippen LogP contribution in [-0.2, 0) is 22.6 Å². The third kappa shape index (κ3) is 7.56. The Morgan fingerprint density at radius 3 is 2.36 bits per heavy atom. The van der Waals surface area contributed by atoms with E-state index < -0.39 is 6.04 Å². The zero-order chi connectivity index (χ0) is 25.3. The maximum atomic E-state index is 13.7. The van der Waals surface area contributed by atoms with Gasteiger partial charge < -0.3 is 15.0 Å². The fraction of sp³-hybridized carbons (Fsp3) is 0.333. The van der Waals surface area contributed by atoms with E-state index in [1.807, 2.05) is 79.7 Å². The van der Waals surface area contributed by atoms with E-state index in [1.54, 1.807) is 4.90 Å². The quantitative estimate of drug-likeness (QED) is 0.307. The van der Waals surface area contributed by atoms with E-state index in [0.717, 1.165) is 45.9 Å². The molecule has 6 heteroatoms. The molecule has 2 amide bonds. The number of nitrogens with zero attached hydrogens (tertiary/aromatic N) is 1. The van der Waals surface area contributed by atoms with Crippen LogP contribution < -0.4 is 10.1 Å². The summed E-state index contributed by atoms with van der Waals surface area (Å²) in [6.45, 7) is 2.24. The fourth-order valence-electron chi connectivity index (χ4n) is 4.69. The summed E-state index contributed by atoms with van der Waals surface area (Å²) in [7, 11) is 0. The van der Waals surface area contributed by atoms with Crippen LogP contribution in [0.1, 0.15) is 42.4 Å². The van der Waals surface area contributed by atoms with Crippen molar-refractivity contribution in [1.29, 1.82) is 0 Å². The average Bonchev–Trinajstić information content (AvgIpc) is 3.39. The minimum atomic E-state index is -0.638. The molecule has 0 bridgehead atoms. The van der Waals surface area contributed by atoms with Crippen molar-refractivity contribution in [2.75, 3.05) is 6.61 Å². The molecule has 0 aromatic heterocycles. The van der Waals surface area contributed by atoms with Crippen molar-refractivity contribution in [2.45, 2.75) is 57.7 Å². The van der Waals surface area contributed by atoms with Crippen LogP contribution in [0.4, 0.5) is 0 Å². The number of rotatable bonds is 10. The number of ether oxygens (including phenoxy) is 1. The molecule has 1 aliphatic carbocycles. The molecule has 1 aliphatic rings. The Morgan fingerprint density at radius 1 is 0.972 bits per heavy atom. The number of benzene rings is 3. The summed E-state index contributed by atoms with van der Waals surface area (Å²) in [4.78, 5) is 29.0. The lowest BCUT2D eigenvalue weighted by atomic mass is 10.0. The number of aryl methyl sites for hydroxylation is 1. The second-order valence-electron chi connectivity index (χ2n) is 9.45. The number of carbonyl (C=O) groups is 2. The van der Waals surface area contributed by atoms with Gasteiger partial charge in [0.2, 0.25) is 5.91 Å². The SMILES string of the molecule is Cc1cccc(CN(C(=O)COc2ccc(I)cc2)C(Cc2ccccc2)C(=O)NC2CCCC2)c1. The largest absolute Gasteiger partial charge is 0.484 e. The molecule has 3 aromatic carbocycles. The number of hydrogen-bond donors (Lipinski definition) is 1. The molecule has 36 heavy (non-hydrogen) atoms. The third-order valence-corrected chi connectivity index (χ3v) is 7.30. The Bertz CT molecular complexity index is 1140. The van der Waals surface area contributed by atoms with Crippen molar-refractivity contribution in [2.24, 2.45) is 0 Å². The molecule has 0 spiro atoms. The summed E-state index contributed by atoms with van der Waals surface area (Å²) in [6.07, 6.45) is 4.69. The van der Waals surface area contributed by atoms with Gasteiger partial charge in [-0.3, -0.25) is 9.59 Å². The monoisotopic (exact) mass is 596 g/mol. The van der Waals surface area contributed by atoms with Crippen molar-refractivity contribution in [3.05, 3.63) is 99.1 Å². The highest BCUT2D eigenvalue weighted by molar-refractivity contribution is 14.1. The zero-order valence-electron chi connectivity index (χ0n) is 20.7. The Morgan fingerprint density at radius 2 is 1.67 bits per heavy atom. The Kier molecular flexibility index (Phi) is 9.39. The van der Waals surface area contributed by atoms with Crippen LogP contribution in [-0.4, -0.2) is 35.4 Å². The lowest BCUT2D eigenvalue weighted by molar-refractivity contribution is -0.143. The van der Waals surface area contributed by atoms with Gasteiger partial charge >= 0.3 is 0 Å². The van der Waals surface area contributed by atoms with Gasteiger partial charge in [0, 0.05) is 22.6 Å². The van der Waals surface area contributed by atoms with Crippen molar-refractivity contribution < 1.29 is 14.3 Å². The lowest BCUT2D eigenvalue weighted by Crippen LogP contribution is -2.53. The zero-order valence-corrected chi connectivity index (χ0v) is 22.8. The Hall–Kier alpha value is -2.87. The summed E-state index contributed by atoms with van der Waals surface area (Å²) >= 11 is 2.24. The smallest absolute Gasteiger partial charge is 0.261 e. The van der Waals surface area contributed by atoms with Crippen molar-refractivity contribution >= 4 is 34.4 Å². The Balaban J connectivity index is 1.60. The first-order chi connectivity index (χ1) is 17.5. The van der Waals surface area contributed by atoms with Crippen LogP contribution in [0.25, 0.3) is 0 Å². The van der Waals surface area contributed by atoms with Gasteiger partial charge in [-0.15, -0.1) is 0 Å². The predicted octanol–water partition coefficient (Wildman–Crippen LogP) is 5.68. The molecule has 0 aliphatic heterocycles. The summed E-state index contributed by atoms with van der Waals surface area (Å²) in [5.41, 5.74) is 3.12. The van der Waals surface area contributed by atoms with Crippen LogP contribution in [0.2, 0.25) is 0 Å². The molecule has 0 saturated heterocycles. The molecule has 1 atom stereocenters. The normalized spacial score (nSPS) is 14.3. The molecule has 1 N–H and O–H groups in total. The molecule has 0 radical (unpaired) electrons. The van der Waals surface area contributed by atoms with Crippen molar-refractivity contribution in [3.8, 4) is 5.75 Å². The van der Waals surface area contributed by atoms with E-state index in [-0.39, 0.29) is 24.5 Å². The van der Waals surface area contributed by atoms with Gasteiger partial charge in [-0.05, 0) is 77.7 Å². The molecular formula is C30H33IN2O3. The van der Waals surface area contributed by atoms with Gasteiger partial charge in [-0.2, -0.15) is 0 Å². The van der Waals surface area contributed by atoms with E-state index >= 15 is 0 Å². The minimum Gasteiger partial charge on any atom is -0.484 e. The minimum absolute atomic E-state index is 0.0963. The summed E-state index contributed by atoms with van der Waals surface area (Å²) in [5, 5.41) is 3.24. The molecule has 188 valence electrons. The van der Waals surface area contributed by atoms with E-state index in [2.05, 4.69) is 34.0 Å². The first kappa shape index (κ1) is 26.2. The molecule has 4 rings (SSSR count). The molecule has 0 heterocycles. The highest BCUT2D eigenvalue weighted by Crippen LogP contribution is 2.21. The van der Waals surface area contributed by atoms with E-state index in [4.69, 9.17) is 4.74 Å². The first-order valence-corrected chi connectivity index (χ1v) is 13.6. The molecule has 1 fully saturated rings. The second-order valence-corrected chi connectivity index (χ2v) is 10.7. The van der Waals surface area contributed by atoms with Gasteiger partial charge in [0.1, 0.15) is 11.8 Å². The maximum absolute atomic E-state index is 13.7. The van der Waals surface area contributed by atoms with Gasteiger partial charge in [0.25, 0.3) is 5.91 Å². The van der Waals surface area contributed by atoms with Crippen molar-refractivity contribution in [3.63, 3.8) is 0 Å². The molecule has 3 aromatic rings. The van der Waals surface area contributed by atoms with Crippen LogP contribution in [0.3, 0.4) is 0 Å². The molecule has 1 saturated carbocycles. The van der Waals surface area contributed by atoms with Gasteiger partial charge in [0.05, 0.1) is 0 Å². The second kappa shape index (κ2) is 12.9. The number of carbonyl (C=O) groups excluding carboxylic acids is 2. The van der Waals surface area contributed by atoms with Crippen LogP contribution >= 0.6 is 22.6 Å². The molecular weight excluding hydrogens is 563 g/mol. The first-order valence-electron chi connectivity index (χ1n) is 12.6. The number of amides is 2. The van der Waals surface area contributed by atoms with E-state index in [1.165, 1.54) is 0 Å². The number of halogens is 1. The summed E-state index contributed by atoms with van der Waals surface area (Å²) < 4.78 is 6.95. The van der Waals surface area contributed by atoms with Crippen LogP contribution in [0.5, 0.6) is 5.75 Å². The Labute approximate surface area is 227 Å². The molecule has 5 nitrogen and oxygen atoms in total. The summed E-state index contributed by atoms with van der Waals surface area (Å²) in [6, 6.07) is 25.1. The molecule has 1 unspecified atom stereocenters. The van der Waals surface area contributed by atoms with Crippen molar-refractivity contribution in [1.82, 2.24) is 10.2 Å². The lowest BCUT2D eigenvalue weighted by Gasteiger charge is -2.32. The van der Waals surface area contributed by atoms with Gasteiger partial charge in [-0.25, -0.2) is 0 Å². The highest BCUT2D eigenvalue weighted by atomic mass is 127. The van der Waals surface area contributed by atoms with Gasteiger partial charge in [-0.1, -0.05) is 73.0 Å². The van der Waals surface area contributed by atoms with Crippen LogP contribution in [0.15, 0.2) is 78.9 Å². The summed E-state index contributed by atoms with van der Waals surface area (Å²) in [5.74, 6) is 0.327. The van der Waals surface area contributed by atoms with Gasteiger partial charge in [0.15, 0.2) is 6.61 Å². The predicted molar refractivity (Wildman–Crippen MR) is 151 cm³/mol.